The van der Waals surface area contributed by atoms with Gasteiger partial charge in [-0.1, -0.05) is 38.8 Å². The first kappa shape index (κ1) is 55.4. The van der Waals surface area contributed by atoms with Crippen molar-refractivity contribution in [2.24, 2.45) is 28.3 Å². The molecule has 0 atom stereocenters. The summed E-state index contributed by atoms with van der Waals surface area (Å²) in [5.74, 6) is -0.823. The normalized spacial score (nSPS) is 12.9. The van der Waals surface area contributed by atoms with Crippen LogP contribution in [0.2, 0.25) is 0 Å². The standard InChI is InChI=1S/C21H22BrFN6O4.C14H13BrFN5O3.C7H12N2OS.C2H3N/c22-14-11-13(8-9-15(14)23)29-20(28-32-21(29)31)19-16(26-33-27-19)4-2-1-3-5-17(24)25-18(30)10-12-6-7-12;15-9-7-8(4-5-10(9)16)21-13(20-23-14(21)22)12-11(18-24-19-12)3-1-2-6-17;1-11-7(8)9-6(10)4-5-2-3-5;1-2-3/h8-9,11-12H,1-7,10H2,(H2,24,25,30);4-5,7H,1-3,6,17H2;5H,2-4H2,1H3,(H2,8,9,10);1H3. The Hall–Kier alpha value is -6.50. The van der Waals surface area contributed by atoms with Crippen molar-refractivity contribution in [2.75, 3.05) is 12.8 Å². The third-order valence-corrected chi connectivity index (χ3v) is 12.1. The van der Waals surface area contributed by atoms with Gasteiger partial charge in [-0.25, -0.2) is 41.8 Å². The number of halogens is 4. The zero-order valence-corrected chi connectivity index (χ0v) is 42.5. The SMILES string of the molecule is CC#N.CSC(=N)NC(=O)CC1CC1.NC(CCCCCc1nonc1-c1noc(=O)n1-c1ccc(F)c(Br)c1)=NC(=O)CC1CC1.NCCCCc1nonc1-c1noc(=O)n1-c1ccc(F)c(Br)c1. The Bertz CT molecular complexity index is 2940. The molecule has 22 nitrogen and oxygen atoms in total. The van der Waals surface area contributed by atoms with E-state index >= 15 is 0 Å². The molecule has 4 aromatic heterocycles. The third kappa shape index (κ3) is 17.1. The summed E-state index contributed by atoms with van der Waals surface area (Å²) in [4.78, 5) is 51.0. The summed E-state index contributed by atoms with van der Waals surface area (Å²) in [5, 5.41) is 40.3. The number of nitrogens with zero attached hydrogens (tertiary/aromatic N) is 10. The summed E-state index contributed by atoms with van der Waals surface area (Å²) in [6.45, 7) is 2.00. The minimum Gasteiger partial charge on any atom is -0.387 e. The second kappa shape index (κ2) is 27.8. The molecule has 378 valence electrons. The van der Waals surface area contributed by atoms with Crippen LogP contribution in [0.1, 0.15) is 95.4 Å². The van der Waals surface area contributed by atoms with Crippen LogP contribution in [0, 0.1) is 40.2 Å². The van der Waals surface area contributed by atoms with E-state index in [2.05, 4.69) is 73.1 Å². The summed E-state index contributed by atoms with van der Waals surface area (Å²) in [7, 11) is 0. The number of hydrogen-bond acceptors (Lipinski definition) is 18. The van der Waals surface area contributed by atoms with Crippen LogP contribution in [0.15, 0.2) is 78.2 Å². The van der Waals surface area contributed by atoms with Crippen molar-refractivity contribution in [1.82, 2.24) is 45.4 Å². The molecule has 2 fully saturated rings. The number of hydrogen-bond donors (Lipinski definition) is 4. The molecule has 0 bridgehead atoms. The molecule has 2 saturated carbocycles. The maximum absolute atomic E-state index is 13.6. The molecule has 2 aromatic carbocycles. The number of carbonyl (C=O) groups excluding carboxylic acids is 2. The highest BCUT2D eigenvalue weighted by atomic mass is 79.9. The van der Waals surface area contributed by atoms with Crippen LogP contribution < -0.4 is 28.3 Å². The topological polar surface area (TPSA) is 332 Å². The van der Waals surface area contributed by atoms with E-state index in [9.17, 15) is 28.0 Å². The molecule has 6 N–H and O–H groups in total. The lowest BCUT2D eigenvalue weighted by molar-refractivity contribution is -0.120. The molecule has 4 heterocycles. The Balaban J connectivity index is 0.000000214. The minimum absolute atomic E-state index is 0.00755. The van der Waals surface area contributed by atoms with Crippen molar-refractivity contribution in [2.45, 2.75) is 96.8 Å². The van der Waals surface area contributed by atoms with Crippen molar-refractivity contribution in [3.63, 3.8) is 0 Å². The lowest BCUT2D eigenvalue weighted by Gasteiger charge is -2.05. The number of aliphatic imine (C=N–C) groups is 1. The summed E-state index contributed by atoms with van der Waals surface area (Å²) in [6.07, 6.45) is 13.0. The summed E-state index contributed by atoms with van der Waals surface area (Å²) in [5.41, 5.74) is 13.7. The second-order valence-electron chi connectivity index (χ2n) is 15.9. The number of nitrogens with one attached hydrogen (secondary N) is 2. The molecule has 2 aliphatic carbocycles. The van der Waals surface area contributed by atoms with Gasteiger partial charge in [-0.05, 0) is 167 Å². The minimum atomic E-state index is -0.747. The zero-order chi connectivity index (χ0) is 51.5. The first-order valence-corrected chi connectivity index (χ1v) is 25.0. The fourth-order valence-electron chi connectivity index (χ4n) is 6.44. The molecule has 2 aliphatic rings. The van der Waals surface area contributed by atoms with Crippen LogP contribution in [-0.4, -0.2) is 75.7 Å². The number of carbonyl (C=O) groups is 2. The van der Waals surface area contributed by atoms with Gasteiger partial charge in [0.1, 0.15) is 28.9 Å². The first-order valence-electron chi connectivity index (χ1n) is 22.2. The van der Waals surface area contributed by atoms with E-state index in [1.807, 2.05) is 0 Å². The number of aryl methyl sites for hydroxylation is 2. The van der Waals surface area contributed by atoms with E-state index in [0.29, 0.717) is 84.8 Å². The highest BCUT2D eigenvalue weighted by Crippen LogP contribution is 2.33. The highest BCUT2D eigenvalue weighted by molar-refractivity contribution is 9.10. The number of amidine groups is 2. The number of nitriles is 1. The average Bonchev–Trinajstić information content (AvgIpc) is 4.11. The number of benzene rings is 2. The van der Waals surface area contributed by atoms with E-state index in [-0.39, 0.29) is 43.3 Å². The quantitative estimate of drug-likeness (QED) is 0.0371. The molecule has 71 heavy (non-hydrogen) atoms. The van der Waals surface area contributed by atoms with E-state index in [1.165, 1.54) is 77.1 Å². The number of thioether (sulfide) groups is 1. The largest absolute Gasteiger partial charge is 0.446 e. The number of aromatic nitrogens is 8. The third-order valence-electron chi connectivity index (χ3n) is 10.3. The van der Waals surface area contributed by atoms with Gasteiger partial charge in [0, 0.05) is 26.2 Å². The van der Waals surface area contributed by atoms with Gasteiger partial charge in [0.2, 0.25) is 23.5 Å². The van der Waals surface area contributed by atoms with Gasteiger partial charge in [0.15, 0.2) is 16.6 Å². The Labute approximate surface area is 425 Å². The van der Waals surface area contributed by atoms with Crippen LogP contribution in [0.3, 0.4) is 0 Å². The van der Waals surface area contributed by atoms with Crippen molar-refractivity contribution in [3.8, 4) is 40.5 Å². The maximum Gasteiger partial charge on any atom is 0.446 e. The van der Waals surface area contributed by atoms with Gasteiger partial charge >= 0.3 is 11.5 Å². The molecular weight excluding hydrogens is 1080 g/mol. The van der Waals surface area contributed by atoms with E-state index < -0.39 is 23.1 Å². The number of amides is 2. The number of unbranched alkanes of at least 4 members (excludes halogenated alkanes) is 3. The molecular formula is C44H50Br2F2N14O8S. The van der Waals surface area contributed by atoms with Crippen LogP contribution in [0.25, 0.3) is 34.4 Å². The summed E-state index contributed by atoms with van der Waals surface area (Å²) < 4.78 is 49.0. The molecule has 8 rings (SSSR count). The molecule has 27 heteroatoms. The van der Waals surface area contributed by atoms with Crippen LogP contribution >= 0.6 is 43.6 Å². The van der Waals surface area contributed by atoms with E-state index in [4.69, 9.17) is 40.4 Å². The lowest BCUT2D eigenvalue weighted by Crippen LogP contribution is -2.27. The van der Waals surface area contributed by atoms with Crippen molar-refractivity contribution in [3.05, 3.63) is 89.5 Å². The van der Waals surface area contributed by atoms with Gasteiger partial charge in [0.25, 0.3) is 0 Å². The second-order valence-corrected chi connectivity index (χ2v) is 18.5. The Kier molecular flexibility index (Phi) is 21.7. The average molecular weight is 1130 g/mol. The van der Waals surface area contributed by atoms with Crippen LogP contribution in [-0.2, 0) is 22.4 Å². The molecule has 0 aliphatic heterocycles. The van der Waals surface area contributed by atoms with Gasteiger partial charge in [-0.2, -0.15) is 5.26 Å². The fraction of sp³-hybridized carbons (Fsp3) is 0.432. The van der Waals surface area contributed by atoms with Gasteiger partial charge in [-0.15, -0.1) is 0 Å². The predicted octanol–water partition coefficient (Wildman–Crippen LogP) is 7.35. The first-order chi connectivity index (χ1) is 34.2. The van der Waals surface area contributed by atoms with Crippen molar-refractivity contribution >= 4 is 66.4 Å². The van der Waals surface area contributed by atoms with Gasteiger partial charge < -0.3 is 16.8 Å². The van der Waals surface area contributed by atoms with Gasteiger partial charge in [-0.3, -0.25) is 24.0 Å². The van der Waals surface area contributed by atoms with E-state index in [0.717, 1.165) is 44.9 Å². The highest BCUT2D eigenvalue weighted by Gasteiger charge is 2.27. The van der Waals surface area contributed by atoms with Crippen molar-refractivity contribution in [1.29, 1.82) is 10.7 Å². The van der Waals surface area contributed by atoms with Crippen LogP contribution in [0.5, 0.6) is 0 Å². The molecule has 0 unspecified atom stereocenters. The molecule has 2 amide bonds. The smallest absolute Gasteiger partial charge is 0.387 e. The Morgan fingerprint density at radius 3 is 1.75 bits per heavy atom. The maximum atomic E-state index is 13.6. The number of rotatable bonds is 18. The fourth-order valence-corrected chi connectivity index (χ4v) is 7.39. The molecule has 0 saturated heterocycles. The number of nitrogens with two attached hydrogens (primary N) is 2. The van der Waals surface area contributed by atoms with Crippen LogP contribution in [0.4, 0.5) is 8.78 Å². The molecule has 0 spiro atoms. The van der Waals surface area contributed by atoms with E-state index in [1.54, 1.807) is 12.3 Å². The Morgan fingerprint density at radius 1 is 0.817 bits per heavy atom. The Morgan fingerprint density at radius 2 is 1.30 bits per heavy atom. The molecule has 0 radical (unpaired) electrons. The molecule has 6 aromatic rings. The monoisotopic (exact) mass is 1130 g/mol. The summed E-state index contributed by atoms with van der Waals surface area (Å²) in [6, 6.07) is 9.94. The van der Waals surface area contributed by atoms with Gasteiger partial charge in [0.05, 0.1) is 26.4 Å². The summed E-state index contributed by atoms with van der Waals surface area (Å²) >= 11 is 7.44. The lowest BCUT2D eigenvalue weighted by atomic mass is 10.1. The predicted molar refractivity (Wildman–Crippen MR) is 262 cm³/mol. The zero-order valence-electron chi connectivity index (χ0n) is 38.5. The van der Waals surface area contributed by atoms with Crippen molar-refractivity contribution < 1.29 is 36.7 Å².